The summed E-state index contributed by atoms with van der Waals surface area (Å²) in [5.74, 6) is 2.44. The molecule has 0 fully saturated rings. The van der Waals surface area contributed by atoms with E-state index in [1.54, 1.807) is 14.2 Å². The van der Waals surface area contributed by atoms with Gasteiger partial charge in [-0.3, -0.25) is 0 Å². The van der Waals surface area contributed by atoms with Gasteiger partial charge in [-0.2, -0.15) is 0 Å². The molecule has 0 saturated carbocycles. The molecule has 3 aromatic rings. The Morgan fingerprint density at radius 1 is 0.700 bits per heavy atom. The third kappa shape index (κ3) is 7.29. The van der Waals surface area contributed by atoms with Gasteiger partial charge >= 0.3 is 0 Å². The lowest BCUT2D eigenvalue weighted by atomic mass is 10.1. The molecular weight excluding hydrogens is 398 g/mol. The Bertz CT molecular complexity index is 869. The van der Waals surface area contributed by atoms with E-state index in [1.165, 1.54) is 16.7 Å². The predicted molar refractivity (Wildman–Crippen MR) is 124 cm³/mol. The largest absolute Gasteiger partial charge is 0.497 e. The zero-order valence-electron chi connectivity index (χ0n) is 17.6. The summed E-state index contributed by atoms with van der Waals surface area (Å²) in [7, 11) is 3.37. The highest BCUT2D eigenvalue weighted by Crippen LogP contribution is 2.28. The minimum Gasteiger partial charge on any atom is -0.497 e. The maximum atomic E-state index is 5.93. The first-order valence-electron chi connectivity index (χ1n) is 9.96. The fraction of sp³-hybridized carbons (Fsp3) is 0.280. The highest BCUT2D eigenvalue weighted by atomic mass is 35.5. The number of hydrogen-bond donors (Lipinski definition) is 1. The molecule has 0 aromatic heterocycles. The van der Waals surface area contributed by atoms with Crippen molar-refractivity contribution in [3.05, 3.63) is 89.5 Å². The molecule has 5 heteroatoms. The zero-order chi connectivity index (χ0) is 20.3. The number of ether oxygens (including phenoxy) is 3. The van der Waals surface area contributed by atoms with Crippen molar-refractivity contribution < 1.29 is 14.2 Å². The monoisotopic (exact) mass is 427 g/mol. The van der Waals surface area contributed by atoms with Crippen LogP contribution in [0.2, 0.25) is 0 Å². The van der Waals surface area contributed by atoms with Crippen LogP contribution in [0.5, 0.6) is 17.2 Å². The molecule has 0 amide bonds. The Morgan fingerprint density at radius 2 is 1.40 bits per heavy atom. The van der Waals surface area contributed by atoms with Gasteiger partial charge in [0.1, 0.15) is 5.75 Å². The second-order valence-electron chi connectivity index (χ2n) is 6.84. The Morgan fingerprint density at radius 3 is 2.10 bits per heavy atom. The zero-order valence-corrected chi connectivity index (χ0v) is 18.4. The van der Waals surface area contributed by atoms with E-state index in [-0.39, 0.29) is 12.4 Å². The summed E-state index contributed by atoms with van der Waals surface area (Å²) >= 11 is 0. The quantitative estimate of drug-likeness (QED) is 0.433. The molecule has 3 aromatic carbocycles. The van der Waals surface area contributed by atoms with Crippen molar-refractivity contribution in [2.75, 3.05) is 27.4 Å². The second-order valence-corrected chi connectivity index (χ2v) is 6.84. The molecule has 0 spiro atoms. The van der Waals surface area contributed by atoms with Gasteiger partial charge in [-0.05, 0) is 53.9 Å². The van der Waals surface area contributed by atoms with Gasteiger partial charge in [0.25, 0.3) is 0 Å². The molecule has 0 saturated heterocycles. The standard InChI is InChI=1S/C25H29NO3.ClH/c1-27-23-11-8-21(9-12-23)14-16-26-19-22-10-13-24(25(18-22)28-2)29-17-15-20-6-4-3-5-7-20;/h3-13,18,26H,14-17,19H2,1-2H3;1H. The van der Waals surface area contributed by atoms with E-state index in [0.29, 0.717) is 6.61 Å². The van der Waals surface area contributed by atoms with Gasteiger partial charge in [-0.25, -0.2) is 0 Å². The van der Waals surface area contributed by atoms with Crippen LogP contribution in [0.3, 0.4) is 0 Å². The summed E-state index contributed by atoms with van der Waals surface area (Å²) in [5.41, 5.74) is 3.73. The first-order chi connectivity index (χ1) is 14.3. The van der Waals surface area contributed by atoms with Gasteiger partial charge in [0, 0.05) is 13.0 Å². The maximum Gasteiger partial charge on any atom is 0.161 e. The van der Waals surface area contributed by atoms with Crippen LogP contribution in [0, 0.1) is 0 Å². The molecule has 1 N–H and O–H groups in total. The summed E-state index contributed by atoms with van der Waals surface area (Å²) < 4.78 is 16.6. The molecule has 30 heavy (non-hydrogen) atoms. The number of hydrogen-bond acceptors (Lipinski definition) is 4. The van der Waals surface area contributed by atoms with Crippen LogP contribution in [-0.4, -0.2) is 27.4 Å². The fourth-order valence-electron chi connectivity index (χ4n) is 3.12. The van der Waals surface area contributed by atoms with E-state index in [0.717, 1.165) is 43.2 Å². The number of halogens is 1. The highest BCUT2D eigenvalue weighted by Gasteiger charge is 2.06. The van der Waals surface area contributed by atoms with Crippen molar-refractivity contribution >= 4 is 12.4 Å². The lowest BCUT2D eigenvalue weighted by molar-refractivity contribution is 0.297. The summed E-state index contributed by atoms with van der Waals surface area (Å²) in [6.07, 6.45) is 1.85. The molecule has 0 aliphatic rings. The van der Waals surface area contributed by atoms with Crippen LogP contribution >= 0.6 is 12.4 Å². The van der Waals surface area contributed by atoms with Crippen LogP contribution in [0.25, 0.3) is 0 Å². The minimum atomic E-state index is 0. The smallest absolute Gasteiger partial charge is 0.161 e. The van der Waals surface area contributed by atoms with Gasteiger partial charge in [-0.15, -0.1) is 12.4 Å². The molecular formula is C25H30ClNO3. The van der Waals surface area contributed by atoms with E-state index in [4.69, 9.17) is 14.2 Å². The summed E-state index contributed by atoms with van der Waals surface area (Å²) in [6, 6.07) is 24.7. The third-order valence-corrected chi connectivity index (χ3v) is 4.80. The summed E-state index contributed by atoms with van der Waals surface area (Å²) in [5, 5.41) is 3.49. The van der Waals surface area contributed by atoms with Gasteiger partial charge in [0.05, 0.1) is 20.8 Å². The van der Waals surface area contributed by atoms with Crippen molar-refractivity contribution in [1.29, 1.82) is 0 Å². The van der Waals surface area contributed by atoms with Crippen molar-refractivity contribution in [3.63, 3.8) is 0 Å². The molecule has 160 valence electrons. The van der Waals surface area contributed by atoms with Crippen molar-refractivity contribution in [2.45, 2.75) is 19.4 Å². The fourth-order valence-corrected chi connectivity index (χ4v) is 3.12. The number of methoxy groups -OCH3 is 2. The number of benzene rings is 3. The average molecular weight is 428 g/mol. The van der Waals surface area contributed by atoms with Crippen LogP contribution in [0.4, 0.5) is 0 Å². The average Bonchev–Trinajstić information content (AvgIpc) is 2.78. The second kappa shape index (κ2) is 12.8. The molecule has 3 rings (SSSR count). The van der Waals surface area contributed by atoms with E-state index < -0.39 is 0 Å². The molecule has 0 atom stereocenters. The van der Waals surface area contributed by atoms with E-state index in [9.17, 15) is 0 Å². The minimum absolute atomic E-state index is 0. The van der Waals surface area contributed by atoms with Gasteiger partial charge < -0.3 is 19.5 Å². The Hall–Kier alpha value is -2.69. The number of rotatable bonds is 11. The lowest BCUT2D eigenvalue weighted by Gasteiger charge is -2.13. The topological polar surface area (TPSA) is 39.7 Å². The SMILES string of the molecule is COc1ccc(CCNCc2ccc(OCCc3ccccc3)c(OC)c2)cc1.Cl. The first-order valence-corrected chi connectivity index (χ1v) is 9.96. The van der Waals surface area contributed by atoms with Crippen LogP contribution < -0.4 is 19.5 Å². The predicted octanol–water partition coefficient (Wildman–Crippen LogP) is 5.08. The lowest BCUT2D eigenvalue weighted by Crippen LogP contribution is -2.16. The van der Waals surface area contributed by atoms with E-state index in [2.05, 4.69) is 35.6 Å². The Labute approximate surface area is 185 Å². The summed E-state index contributed by atoms with van der Waals surface area (Å²) in [6.45, 7) is 2.32. The Kier molecular flexibility index (Phi) is 10.1. The highest BCUT2D eigenvalue weighted by molar-refractivity contribution is 5.85. The molecule has 0 heterocycles. The van der Waals surface area contributed by atoms with Crippen molar-refractivity contribution in [2.24, 2.45) is 0 Å². The van der Waals surface area contributed by atoms with Crippen molar-refractivity contribution in [1.82, 2.24) is 5.32 Å². The molecule has 0 radical (unpaired) electrons. The first kappa shape index (κ1) is 23.6. The van der Waals surface area contributed by atoms with E-state index >= 15 is 0 Å². The van der Waals surface area contributed by atoms with Gasteiger partial charge in [0.2, 0.25) is 0 Å². The van der Waals surface area contributed by atoms with E-state index in [1.807, 2.05) is 42.5 Å². The molecule has 4 nitrogen and oxygen atoms in total. The van der Waals surface area contributed by atoms with Crippen LogP contribution in [0.15, 0.2) is 72.8 Å². The third-order valence-electron chi connectivity index (χ3n) is 4.80. The number of nitrogens with one attached hydrogen (secondary N) is 1. The molecule has 0 bridgehead atoms. The van der Waals surface area contributed by atoms with Crippen molar-refractivity contribution in [3.8, 4) is 17.2 Å². The van der Waals surface area contributed by atoms with Gasteiger partial charge in [-0.1, -0.05) is 48.5 Å². The van der Waals surface area contributed by atoms with Crippen LogP contribution in [-0.2, 0) is 19.4 Å². The molecule has 0 aliphatic heterocycles. The van der Waals surface area contributed by atoms with Crippen LogP contribution in [0.1, 0.15) is 16.7 Å². The van der Waals surface area contributed by atoms with Gasteiger partial charge in [0.15, 0.2) is 11.5 Å². The normalized spacial score (nSPS) is 10.2. The Balaban J connectivity index is 0.00000320. The summed E-state index contributed by atoms with van der Waals surface area (Å²) in [4.78, 5) is 0. The maximum absolute atomic E-state index is 5.93. The molecule has 0 unspecified atom stereocenters. The molecule has 0 aliphatic carbocycles.